The van der Waals surface area contributed by atoms with Crippen LogP contribution in [0, 0.1) is 5.92 Å². The molecule has 0 saturated carbocycles. The molecule has 1 atom stereocenters. The van der Waals surface area contributed by atoms with E-state index in [1.807, 2.05) is 10.7 Å². The van der Waals surface area contributed by atoms with E-state index in [1.54, 1.807) is 6.20 Å². The van der Waals surface area contributed by atoms with Crippen molar-refractivity contribution in [3.8, 4) is 0 Å². The minimum Gasteiger partial charge on any atom is -0.384 e. The molecule has 1 aromatic rings. The zero-order valence-corrected chi connectivity index (χ0v) is 7.65. The smallest absolute Gasteiger partial charge is 0.121 e. The highest BCUT2D eigenvalue weighted by Gasteiger charge is 2.15. The van der Waals surface area contributed by atoms with Crippen molar-refractivity contribution in [2.45, 2.75) is 19.4 Å². The molecule has 2 rings (SSSR count). The monoisotopic (exact) mass is 181 g/mol. The van der Waals surface area contributed by atoms with Gasteiger partial charge >= 0.3 is 0 Å². The standard InChI is InChI=1S/C9H15N3O/c10-9-3-4-11-12(9)6-8-2-1-5-13-7-8/h3-4,8H,1-2,5-7,10H2. The number of nitrogens with two attached hydrogens (primary N) is 1. The average molecular weight is 181 g/mol. The van der Waals surface area contributed by atoms with Crippen molar-refractivity contribution in [2.24, 2.45) is 5.92 Å². The average Bonchev–Trinajstić information content (AvgIpc) is 2.54. The molecular weight excluding hydrogens is 166 g/mol. The van der Waals surface area contributed by atoms with Gasteiger partial charge in [0.25, 0.3) is 0 Å². The van der Waals surface area contributed by atoms with Crippen LogP contribution in [0.15, 0.2) is 12.3 Å². The molecule has 1 unspecified atom stereocenters. The number of aromatic nitrogens is 2. The lowest BCUT2D eigenvalue weighted by atomic mass is 10.0. The predicted octanol–water partition coefficient (Wildman–Crippen LogP) is 0.892. The van der Waals surface area contributed by atoms with Crippen LogP contribution in [0.5, 0.6) is 0 Å². The molecule has 0 bridgehead atoms. The summed E-state index contributed by atoms with van der Waals surface area (Å²) in [5, 5.41) is 4.15. The van der Waals surface area contributed by atoms with Gasteiger partial charge in [-0.1, -0.05) is 0 Å². The summed E-state index contributed by atoms with van der Waals surface area (Å²) in [6, 6.07) is 1.82. The fourth-order valence-electron chi connectivity index (χ4n) is 1.69. The Labute approximate surface area is 77.7 Å². The van der Waals surface area contributed by atoms with Crippen molar-refractivity contribution < 1.29 is 4.74 Å². The summed E-state index contributed by atoms with van der Waals surface area (Å²) < 4.78 is 7.24. The van der Waals surface area contributed by atoms with Crippen LogP contribution >= 0.6 is 0 Å². The molecule has 0 radical (unpaired) electrons. The number of nitrogens with zero attached hydrogens (tertiary/aromatic N) is 2. The van der Waals surface area contributed by atoms with E-state index in [1.165, 1.54) is 6.42 Å². The molecule has 4 nitrogen and oxygen atoms in total. The highest BCUT2D eigenvalue weighted by molar-refractivity contribution is 5.25. The van der Waals surface area contributed by atoms with Crippen LogP contribution in [0.25, 0.3) is 0 Å². The van der Waals surface area contributed by atoms with Crippen LogP contribution in [0.3, 0.4) is 0 Å². The van der Waals surface area contributed by atoms with Crippen molar-refractivity contribution in [1.82, 2.24) is 9.78 Å². The van der Waals surface area contributed by atoms with Crippen LogP contribution < -0.4 is 5.73 Å². The predicted molar refractivity (Wildman–Crippen MR) is 50.2 cm³/mol. The molecule has 0 spiro atoms. The fraction of sp³-hybridized carbons (Fsp3) is 0.667. The van der Waals surface area contributed by atoms with Gasteiger partial charge < -0.3 is 10.5 Å². The summed E-state index contributed by atoms with van der Waals surface area (Å²) in [6.45, 7) is 2.64. The van der Waals surface area contributed by atoms with E-state index in [0.717, 1.165) is 32.0 Å². The van der Waals surface area contributed by atoms with E-state index >= 15 is 0 Å². The quantitative estimate of drug-likeness (QED) is 0.737. The van der Waals surface area contributed by atoms with Crippen LogP contribution in [0.1, 0.15) is 12.8 Å². The normalized spacial score (nSPS) is 23.2. The Kier molecular flexibility index (Phi) is 2.49. The molecule has 13 heavy (non-hydrogen) atoms. The summed E-state index contributed by atoms with van der Waals surface area (Å²) in [5.41, 5.74) is 5.72. The maximum atomic E-state index is 5.72. The zero-order valence-electron chi connectivity index (χ0n) is 7.65. The summed E-state index contributed by atoms with van der Waals surface area (Å²) >= 11 is 0. The molecular formula is C9H15N3O. The Morgan fingerprint density at radius 2 is 2.62 bits per heavy atom. The Bertz CT molecular complexity index is 266. The van der Waals surface area contributed by atoms with E-state index < -0.39 is 0 Å². The van der Waals surface area contributed by atoms with Crippen molar-refractivity contribution in [2.75, 3.05) is 18.9 Å². The highest BCUT2D eigenvalue weighted by Crippen LogP contribution is 2.16. The van der Waals surface area contributed by atoms with Gasteiger partial charge in [-0.15, -0.1) is 0 Å². The van der Waals surface area contributed by atoms with E-state index in [4.69, 9.17) is 10.5 Å². The third-order valence-electron chi connectivity index (χ3n) is 2.44. The molecule has 0 aliphatic carbocycles. The number of nitrogen functional groups attached to an aromatic ring is 1. The molecule has 2 heterocycles. The minimum atomic E-state index is 0.580. The lowest BCUT2D eigenvalue weighted by molar-refractivity contribution is 0.0472. The summed E-state index contributed by atoms with van der Waals surface area (Å²) in [4.78, 5) is 0. The van der Waals surface area contributed by atoms with E-state index in [-0.39, 0.29) is 0 Å². The van der Waals surface area contributed by atoms with Gasteiger partial charge in [0.1, 0.15) is 5.82 Å². The van der Waals surface area contributed by atoms with E-state index in [0.29, 0.717) is 5.92 Å². The molecule has 1 aliphatic heterocycles. The lowest BCUT2D eigenvalue weighted by Crippen LogP contribution is -2.23. The maximum Gasteiger partial charge on any atom is 0.121 e. The van der Waals surface area contributed by atoms with Gasteiger partial charge in [-0.2, -0.15) is 5.10 Å². The van der Waals surface area contributed by atoms with Gasteiger partial charge in [0.15, 0.2) is 0 Å². The SMILES string of the molecule is Nc1ccnn1CC1CCCOC1. The van der Waals surface area contributed by atoms with E-state index in [2.05, 4.69) is 5.10 Å². The number of ether oxygens (including phenoxy) is 1. The number of hydrogen-bond donors (Lipinski definition) is 1. The fourth-order valence-corrected chi connectivity index (χ4v) is 1.69. The highest BCUT2D eigenvalue weighted by atomic mass is 16.5. The van der Waals surface area contributed by atoms with Gasteiger partial charge in [0, 0.05) is 19.1 Å². The second-order valence-electron chi connectivity index (χ2n) is 3.52. The van der Waals surface area contributed by atoms with Crippen molar-refractivity contribution in [3.05, 3.63) is 12.3 Å². The van der Waals surface area contributed by atoms with Crippen LogP contribution in [0.4, 0.5) is 5.82 Å². The van der Waals surface area contributed by atoms with E-state index in [9.17, 15) is 0 Å². The first kappa shape index (κ1) is 8.56. The van der Waals surface area contributed by atoms with Crippen molar-refractivity contribution in [3.63, 3.8) is 0 Å². The molecule has 2 N–H and O–H groups in total. The summed E-state index contributed by atoms with van der Waals surface area (Å²) in [5.74, 6) is 1.32. The van der Waals surface area contributed by atoms with Crippen LogP contribution in [-0.4, -0.2) is 23.0 Å². The Hall–Kier alpha value is -1.03. The third kappa shape index (κ3) is 2.01. The van der Waals surface area contributed by atoms with Gasteiger partial charge in [0.05, 0.1) is 12.8 Å². The Morgan fingerprint density at radius 3 is 3.23 bits per heavy atom. The molecule has 0 amide bonds. The first-order valence-electron chi connectivity index (χ1n) is 4.71. The van der Waals surface area contributed by atoms with Crippen molar-refractivity contribution >= 4 is 5.82 Å². The molecule has 1 aliphatic rings. The molecule has 72 valence electrons. The molecule has 1 saturated heterocycles. The maximum absolute atomic E-state index is 5.72. The van der Waals surface area contributed by atoms with Gasteiger partial charge in [-0.3, -0.25) is 0 Å². The van der Waals surface area contributed by atoms with Crippen LogP contribution in [-0.2, 0) is 11.3 Å². The summed E-state index contributed by atoms with van der Waals surface area (Å²) in [6.07, 6.45) is 4.12. The zero-order chi connectivity index (χ0) is 9.10. The van der Waals surface area contributed by atoms with Gasteiger partial charge in [0.2, 0.25) is 0 Å². The number of hydrogen-bond acceptors (Lipinski definition) is 3. The lowest BCUT2D eigenvalue weighted by Gasteiger charge is -2.22. The number of anilines is 1. The first-order valence-corrected chi connectivity index (χ1v) is 4.71. The molecule has 1 aromatic heterocycles. The molecule has 4 heteroatoms. The van der Waals surface area contributed by atoms with Crippen molar-refractivity contribution in [1.29, 1.82) is 0 Å². The Balaban J connectivity index is 1.93. The van der Waals surface area contributed by atoms with Gasteiger partial charge in [-0.05, 0) is 18.9 Å². The second-order valence-corrected chi connectivity index (χ2v) is 3.52. The topological polar surface area (TPSA) is 53.1 Å². The van der Waals surface area contributed by atoms with Crippen LogP contribution in [0.2, 0.25) is 0 Å². The minimum absolute atomic E-state index is 0.580. The second kappa shape index (κ2) is 3.79. The summed E-state index contributed by atoms with van der Waals surface area (Å²) in [7, 11) is 0. The molecule has 1 fully saturated rings. The molecule has 0 aromatic carbocycles. The Morgan fingerprint density at radius 1 is 1.69 bits per heavy atom. The number of rotatable bonds is 2. The third-order valence-corrected chi connectivity index (χ3v) is 2.44. The first-order chi connectivity index (χ1) is 6.36. The largest absolute Gasteiger partial charge is 0.384 e. The van der Waals surface area contributed by atoms with Gasteiger partial charge in [-0.25, -0.2) is 4.68 Å².